The van der Waals surface area contributed by atoms with Gasteiger partial charge in [-0.25, -0.2) is 9.37 Å². The molecule has 150 valence electrons. The first-order chi connectivity index (χ1) is 13.3. The molecule has 2 heterocycles. The number of aliphatic imine (C=N–C) groups is 1. The van der Waals surface area contributed by atoms with E-state index in [2.05, 4.69) is 21.9 Å². The van der Waals surface area contributed by atoms with E-state index >= 15 is 0 Å². The number of nitrogens with zero attached hydrogens (tertiary/aromatic N) is 3. The van der Waals surface area contributed by atoms with Gasteiger partial charge in [0.1, 0.15) is 0 Å². The second kappa shape index (κ2) is 9.12. The summed E-state index contributed by atoms with van der Waals surface area (Å²) in [5, 5.41) is 3.05. The molecule has 1 saturated heterocycles. The molecule has 0 aromatic carbocycles. The molecule has 1 aromatic rings. The summed E-state index contributed by atoms with van der Waals surface area (Å²) in [6.07, 6.45) is 5.41. The summed E-state index contributed by atoms with van der Waals surface area (Å²) in [6, 6.07) is -0.198. The number of amides is 2. The van der Waals surface area contributed by atoms with E-state index in [0.29, 0.717) is 18.7 Å². The molecule has 0 bridgehead atoms. The summed E-state index contributed by atoms with van der Waals surface area (Å²) in [6.45, 7) is 5.97. The summed E-state index contributed by atoms with van der Waals surface area (Å²) < 4.78 is 14.9. The molecule has 1 atom stereocenters. The smallest absolute Gasteiger partial charge is 0.251 e. The second-order valence-corrected chi connectivity index (χ2v) is 6.47. The summed E-state index contributed by atoms with van der Waals surface area (Å²) in [5.74, 6) is -1.68. The van der Waals surface area contributed by atoms with Crippen molar-refractivity contribution >= 4 is 29.4 Å². The molecule has 1 aromatic heterocycles. The lowest BCUT2D eigenvalue weighted by Gasteiger charge is -2.33. The zero-order valence-electron chi connectivity index (χ0n) is 16.0. The Morgan fingerprint density at radius 2 is 2.18 bits per heavy atom. The Kier molecular flexibility index (Phi) is 6.86. The third kappa shape index (κ3) is 4.36. The van der Waals surface area contributed by atoms with E-state index in [0.717, 1.165) is 12.8 Å². The summed E-state index contributed by atoms with van der Waals surface area (Å²) in [5.41, 5.74) is 11.6. The Morgan fingerprint density at radius 3 is 2.75 bits per heavy atom. The molecule has 1 unspecified atom stereocenters. The van der Waals surface area contributed by atoms with Gasteiger partial charge in [-0.2, -0.15) is 0 Å². The van der Waals surface area contributed by atoms with E-state index in [1.807, 2.05) is 0 Å². The number of pyridine rings is 1. The van der Waals surface area contributed by atoms with Crippen LogP contribution in [0.3, 0.4) is 0 Å². The largest absolute Gasteiger partial charge is 0.404 e. The van der Waals surface area contributed by atoms with Crippen molar-refractivity contribution in [3.63, 3.8) is 0 Å². The van der Waals surface area contributed by atoms with Crippen molar-refractivity contribution in [2.24, 2.45) is 16.5 Å². The number of hydrogen-bond donors (Lipinski definition) is 3. The number of nitrogens with one attached hydrogen (secondary N) is 1. The predicted molar refractivity (Wildman–Crippen MR) is 107 cm³/mol. The number of nitrogens with two attached hydrogens (primary N) is 2. The number of carbonyl (C=O) groups is 2. The third-order valence-corrected chi connectivity index (χ3v) is 4.59. The molecular weight excluding hydrogens is 363 g/mol. The number of halogens is 1. The minimum atomic E-state index is -0.810. The Morgan fingerprint density at radius 1 is 1.46 bits per heavy atom. The monoisotopic (exact) mass is 388 g/mol. The van der Waals surface area contributed by atoms with Crippen LogP contribution in [0.5, 0.6) is 0 Å². The lowest BCUT2D eigenvalue weighted by Crippen LogP contribution is -2.44. The summed E-state index contributed by atoms with van der Waals surface area (Å²) in [7, 11) is 1.54. The third-order valence-electron chi connectivity index (χ3n) is 4.59. The normalized spacial score (nSPS) is 17.6. The van der Waals surface area contributed by atoms with Crippen molar-refractivity contribution in [1.82, 2.24) is 9.88 Å². The average Bonchev–Trinajstić information content (AvgIpc) is 2.68. The SMILES string of the molecule is C=CC(=O)N1CCCC(Nc2nc(C(C=NC)=CN)c(C(N)=O)c(C)c2F)C1. The van der Waals surface area contributed by atoms with Gasteiger partial charge in [0, 0.05) is 49.7 Å². The molecule has 1 aliphatic heterocycles. The first-order valence-electron chi connectivity index (χ1n) is 8.86. The number of rotatable bonds is 6. The minimum absolute atomic E-state index is 0.0285. The van der Waals surface area contributed by atoms with Crippen LogP contribution in [0.2, 0.25) is 0 Å². The summed E-state index contributed by atoms with van der Waals surface area (Å²) >= 11 is 0. The molecule has 2 rings (SSSR count). The lowest BCUT2D eigenvalue weighted by atomic mass is 10.0. The van der Waals surface area contributed by atoms with Crippen LogP contribution in [-0.4, -0.2) is 54.1 Å². The second-order valence-electron chi connectivity index (χ2n) is 6.47. The van der Waals surface area contributed by atoms with E-state index in [-0.39, 0.29) is 34.6 Å². The van der Waals surface area contributed by atoms with Crippen molar-refractivity contribution in [3.8, 4) is 0 Å². The zero-order chi connectivity index (χ0) is 20.8. The van der Waals surface area contributed by atoms with Crippen LogP contribution in [0.15, 0.2) is 23.8 Å². The van der Waals surface area contributed by atoms with Gasteiger partial charge in [0.2, 0.25) is 5.91 Å². The molecule has 0 radical (unpaired) electrons. The molecule has 9 heteroatoms. The highest BCUT2D eigenvalue weighted by Gasteiger charge is 2.26. The standard InChI is InChI=1S/C19H25FN6O2/c1-4-14(27)26-7-5-6-13(10-26)24-19-16(20)11(2)15(18(22)28)17(25-19)12(8-21)9-23-3/h4,8-9,13H,1,5-7,10,21H2,2-3H3,(H2,22,28)(H,24,25). The maximum absolute atomic E-state index is 14.9. The van der Waals surface area contributed by atoms with Gasteiger partial charge < -0.3 is 21.7 Å². The number of hydrogen-bond acceptors (Lipinski definition) is 6. The zero-order valence-corrected chi connectivity index (χ0v) is 16.0. The van der Waals surface area contributed by atoms with Crippen molar-refractivity contribution in [2.75, 3.05) is 25.5 Å². The van der Waals surface area contributed by atoms with Crippen molar-refractivity contribution in [2.45, 2.75) is 25.8 Å². The molecule has 0 aliphatic carbocycles. The maximum Gasteiger partial charge on any atom is 0.251 e. The molecule has 5 N–H and O–H groups in total. The lowest BCUT2D eigenvalue weighted by molar-refractivity contribution is -0.127. The topological polar surface area (TPSA) is 127 Å². The van der Waals surface area contributed by atoms with Gasteiger partial charge in [-0.1, -0.05) is 6.58 Å². The van der Waals surface area contributed by atoms with Crippen LogP contribution in [0.1, 0.15) is 34.5 Å². The highest BCUT2D eigenvalue weighted by molar-refractivity contribution is 6.13. The fourth-order valence-corrected chi connectivity index (χ4v) is 3.23. The molecule has 1 aliphatic rings. The number of primary amides is 1. The Bertz CT molecular complexity index is 849. The highest BCUT2D eigenvalue weighted by atomic mass is 19.1. The van der Waals surface area contributed by atoms with Gasteiger partial charge in [-0.3, -0.25) is 14.6 Å². The molecule has 28 heavy (non-hydrogen) atoms. The van der Waals surface area contributed by atoms with Crippen LogP contribution >= 0.6 is 0 Å². The van der Waals surface area contributed by atoms with E-state index in [1.165, 1.54) is 32.5 Å². The van der Waals surface area contributed by atoms with Crippen LogP contribution in [0, 0.1) is 12.7 Å². The minimum Gasteiger partial charge on any atom is -0.404 e. The fraction of sp³-hybridized carbons (Fsp3) is 0.368. The highest BCUT2D eigenvalue weighted by Crippen LogP contribution is 2.27. The number of allylic oxidation sites excluding steroid dienone is 1. The van der Waals surface area contributed by atoms with Crippen molar-refractivity contribution < 1.29 is 14.0 Å². The van der Waals surface area contributed by atoms with Gasteiger partial charge in [0.25, 0.3) is 5.91 Å². The average molecular weight is 388 g/mol. The van der Waals surface area contributed by atoms with Gasteiger partial charge in [-0.15, -0.1) is 0 Å². The number of anilines is 1. The quantitative estimate of drug-likeness (QED) is 0.499. The molecule has 0 spiro atoms. The first-order valence-corrected chi connectivity index (χ1v) is 8.86. The summed E-state index contributed by atoms with van der Waals surface area (Å²) in [4.78, 5) is 33.6. The van der Waals surface area contributed by atoms with E-state index in [1.54, 1.807) is 4.90 Å². The van der Waals surface area contributed by atoms with Gasteiger partial charge in [0.15, 0.2) is 11.6 Å². The van der Waals surface area contributed by atoms with E-state index < -0.39 is 11.7 Å². The molecule has 1 fully saturated rings. The van der Waals surface area contributed by atoms with Gasteiger partial charge >= 0.3 is 0 Å². The van der Waals surface area contributed by atoms with Crippen LogP contribution < -0.4 is 16.8 Å². The Balaban J connectivity index is 2.45. The van der Waals surface area contributed by atoms with Crippen molar-refractivity contribution in [3.05, 3.63) is 41.5 Å². The van der Waals surface area contributed by atoms with Crippen LogP contribution in [-0.2, 0) is 4.79 Å². The molecule has 8 nitrogen and oxygen atoms in total. The molecule has 2 amide bonds. The van der Waals surface area contributed by atoms with Gasteiger partial charge in [-0.05, 0) is 25.8 Å². The van der Waals surface area contributed by atoms with Crippen LogP contribution in [0.25, 0.3) is 5.57 Å². The van der Waals surface area contributed by atoms with E-state index in [4.69, 9.17) is 11.5 Å². The fourth-order valence-electron chi connectivity index (χ4n) is 3.23. The number of carbonyl (C=O) groups excluding carboxylic acids is 2. The Labute approximate surface area is 163 Å². The first kappa shape index (κ1) is 21.1. The molecule has 0 saturated carbocycles. The maximum atomic E-state index is 14.9. The van der Waals surface area contributed by atoms with E-state index in [9.17, 15) is 14.0 Å². The predicted octanol–water partition coefficient (Wildman–Crippen LogP) is 1.22. The van der Waals surface area contributed by atoms with Crippen molar-refractivity contribution in [1.29, 1.82) is 0 Å². The number of aromatic nitrogens is 1. The van der Waals surface area contributed by atoms with Crippen LogP contribution in [0.4, 0.5) is 10.2 Å². The van der Waals surface area contributed by atoms with Gasteiger partial charge in [0.05, 0.1) is 11.3 Å². The Hall–Kier alpha value is -3.23. The number of likely N-dealkylation sites (tertiary alicyclic amines) is 1. The number of piperidine rings is 1. The molecular formula is C19H25FN6O2.